The number of nitrogens with zero attached hydrogens (tertiary/aromatic N) is 2. The molecular weight excluding hydrogens is 323 g/mol. The number of allylic oxidation sites excluding steroid dienone is 2. The summed E-state index contributed by atoms with van der Waals surface area (Å²) in [6.07, 6.45) is 5.26. The highest BCUT2D eigenvalue weighted by atomic mass is 19.2. The summed E-state index contributed by atoms with van der Waals surface area (Å²) in [5.41, 5.74) is -0.152. The van der Waals surface area contributed by atoms with E-state index in [2.05, 4.69) is 0 Å². The molecule has 3 nitrogen and oxygen atoms in total. The Kier molecular flexibility index (Phi) is 3.00. The van der Waals surface area contributed by atoms with Crippen LogP contribution in [0.2, 0.25) is 0 Å². The predicted octanol–water partition coefficient (Wildman–Crippen LogP) is 3.42. The summed E-state index contributed by atoms with van der Waals surface area (Å²) in [6, 6.07) is 4.91. The number of hydrogen-bond donors (Lipinski definition) is 0. The van der Waals surface area contributed by atoms with Crippen molar-refractivity contribution in [2.24, 2.45) is 0 Å². The van der Waals surface area contributed by atoms with Crippen molar-refractivity contribution in [2.75, 3.05) is 7.11 Å². The molecule has 0 bridgehead atoms. The lowest BCUT2D eigenvalue weighted by Gasteiger charge is -2.31. The first-order chi connectivity index (χ1) is 11.4. The van der Waals surface area contributed by atoms with Crippen molar-refractivity contribution in [2.45, 2.75) is 0 Å². The van der Waals surface area contributed by atoms with Gasteiger partial charge in [-0.05, 0) is 18.3 Å². The van der Waals surface area contributed by atoms with E-state index in [0.717, 1.165) is 21.1 Å². The first-order valence-electron chi connectivity index (χ1n) is 7.22. The minimum Gasteiger partial charge on any atom is -0.497 e. The summed E-state index contributed by atoms with van der Waals surface area (Å²) in [5, 5.41) is 0. The third-order valence-electron chi connectivity index (χ3n) is 4.24. The standard InChI is InChI=1S/C16H11BF4N2O/c1-24-10-8-11(18)15(12(19)9-10)16-13-4-2-6-22(13)17(20,21)23-7-3-5-14(16)23/h2-9H,1H3. The topological polar surface area (TPSA) is 17.2 Å². The second-order valence-electron chi connectivity index (χ2n) is 5.53. The van der Waals surface area contributed by atoms with Crippen LogP contribution < -0.4 is 4.74 Å². The van der Waals surface area contributed by atoms with Crippen LogP contribution in [0.15, 0.2) is 48.3 Å². The normalized spacial score (nSPS) is 17.6. The zero-order chi connectivity index (χ0) is 17.1. The summed E-state index contributed by atoms with van der Waals surface area (Å²) in [4.78, 5) is 0. The lowest BCUT2D eigenvalue weighted by molar-refractivity contribution is -0.356. The molecule has 122 valence electrons. The number of rotatable bonds is 2. The highest BCUT2D eigenvalue weighted by molar-refractivity contribution is 6.57. The van der Waals surface area contributed by atoms with Crippen LogP contribution in [0.25, 0.3) is 5.57 Å². The third kappa shape index (κ3) is 1.82. The maximum absolute atomic E-state index is 14.6. The van der Waals surface area contributed by atoms with Gasteiger partial charge in [0.2, 0.25) is 0 Å². The van der Waals surface area contributed by atoms with Gasteiger partial charge in [0, 0.05) is 30.0 Å². The van der Waals surface area contributed by atoms with Crippen molar-refractivity contribution in [3.05, 3.63) is 71.2 Å². The number of fused-ring (bicyclic) bond motifs is 2. The van der Waals surface area contributed by atoms with Gasteiger partial charge in [0.05, 0.1) is 18.2 Å². The summed E-state index contributed by atoms with van der Waals surface area (Å²) >= 11 is 0. The van der Waals surface area contributed by atoms with Crippen LogP contribution in [0.1, 0.15) is 11.3 Å². The number of ether oxygens (including phenoxy) is 1. The number of aromatic nitrogens is 1. The minimum absolute atomic E-state index is 0.0190. The van der Waals surface area contributed by atoms with Gasteiger partial charge in [-0.3, -0.25) is 0 Å². The number of methoxy groups -OCH3 is 1. The van der Waals surface area contributed by atoms with Gasteiger partial charge in [-0.1, -0.05) is 0 Å². The number of halogens is 4. The third-order valence-corrected chi connectivity index (χ3v) is 4.24. The zero-order valence-electron chi connectivity index (χ0n) is 12.5. The monoisotopic (exact) mass is 334 g/mol. The largest absolute Gasteiger partial charge is 0.737 e. The Bertz CT molecular complexity index is 936. The van der Waals surface area contributed by atoms with Gasteiger partial charge in [0.1, 0.15) is 23.6 Å². The molecule has 2 aliphatic heterocycles. The van der Waals surface area contributed by atoms with Crippen LogP contribution in [-0.4, -0.2) is 29.3 Å². The Morgan fingerprint density at radius 1 is 1.17 bits per heavy atom. The lowest BCUT2D eigenvalue weighted by atomic mass is 9.86. The van der Waals surface area contributed by atoms with E-state index < -0.39 is 18.6 Å². The fourth-order valence-corrected chi connectivity index (χ4v) is 3.18. The van der Waals surface area contributed by atoms with Crippen LogP contribution in [0, 0.1) is 11.6 Å². The Morgan fingerprint density at radius 3 is 2.54 bits per heavy atom. The SMILES string of the molecule is COc1cc(F)c(C2=C3C=CC=[N+]3[B-](F)(F)n3cccc32)c(F)c1. The Morgan fingerprint density at radius 2 is 1.88 bits per heavy atom. The second kappa shape index (κ2) is 4.86. The van der Waals surface area contributed by atoms with E-state index in [0.29, 0.717) is 0 Å². The molecule has 0 amide bonds. The van der Waals surface area contributed by atoms with E-state index in [1.165, 1.54) is 43.8 Å². The average Bonchev–Trinajstić information content (AvgIpc) is 3.19. The summed E-state index contributed by atoms with van der Waals surface area (Å²) in [6.45, 7) is -4.10. The molecule has 2 aromatic rings. The lowest BCUT2D eigenvalue weighted by Crippen LogP contribution is -2.49. The van der Waals surface area contributed by atoms with Crippen molar-refractivity contribution in [1.82, 2.24) is 4.48 Å². The molecule has 0 radical (unpaired) electrons. The highest BCUT2D eigenvalue weighted by Crippen LogP contribution is 2.40. The molecule has 4 rings (SSSR count). The summed E-state index contributed by atoms with van der Waals surface area (Å²) < 4.78 is 64.7. The smallest absolute Gasteiger partial charge is 0.497 e. The maximum atomic E-state index is 14.6. The summed E-state index contributed by atoms with van der Waals surface area (Å²) in [5.74, 6) is -1.73. The molecule has 0 atom stereocenters. The van der Waals surface area contributed by atoms with Gasteiger partial charge in [-0.2, -0.15) is 0 Å². The summed E-state index contributed by atoms with van der Waals surface area (Å²) in [7, 11) is 1.29. The Labute approximate surface area is 134 Å². The van der Waals surface area contributed by atoms with Crippen LogP contribution >= 0.6 is 0 Å². The Balaban J connectivity index is 2.06. The fourth-order valence-electron chi connectivity index (χ4n) is 3.18. The molecule has 3 heterocycles. The molecule has 0 saturated carbocycles. The van der Waals surface area contributed by atoms with Crippen LogP contribution in [0.4, 0.5) is 17.4 Å². The molecule has 8 heteroatoms. The molecule has 0 N–H and O–H groups in total. The molecule has 0 fully saturated rings. The van der Waals surface area contributed by atoms with E-state index in [4.69, 9.17) is 4.74 Å². The first-order valence-corrected chi connectivity index (χ1v) is 7.22. The second-order valence-corrected chi connectivity index (χ2v) is 5.53. The van der Waals surface area contributed by atoms with E-state index in [-0.39, 0.29) is 28.3 Å². The van der Waals surface area contributed by atoms with Crippen molar-refractivity contribution in [3.8, 4) is 5.75 Å². The molecule has 1 aromatic carbocycles. The van der Waals surface area contributed by atoms with Gasteiger partial charge < -0.3 is 22.3 Å². The molecule has 0 aliphatic carbocycles. The van der Waals surface area contributed by atoms with Crippen LogP contribution in [0.5, 0.6) is 5.75 Å². The molecule has 2 aliphatic rings. The average molecular weight is 334 g/mol. The van der Waals surface area contributed by atoms with Crippen LogP contribution in [0.3, 0.4) is 0 Å². The van der Waals surface area contributed by atoms with Gasteiger partial charge in [-0.15, -0.1) is 0 Å². The van der Waals surface area contributed by atoms with E-state index in [9.17, 15) is 17.4 Å². The molecule has 0 unspecified atom stereocenters. The zero-order valence-corrected chi connectivity index (χ0v) is 12.5. The van der Waals surface area contributed by atoms with Gasteiger partial charge in [0.15, 0.2) is 5.70 Å². The first kappa shape index (κ1) is 14.8. The van der Waals surface area contributed by atoms with Crippen molar-refractivity contribution in [1.29, 1.82) is 0 Å². The Hall–Kier alpha value is -2.77. The van der Waals surface area contributed by atoms with Gasteiger partial charge in [-0.25, -0.2) is 8.78 Å². The van der Waals surface area contributed by atoms with E-state index in [1.807, 2.05) is 0 Å². The van der Waals surface area contributed by atoms with E-state index >= 15 is 0 Å². The van der Waals surface area contributed by atoms with E-state index in [1.54, 1.807) is 0 Å². The molecular formula is C16H11BF4N2O. The van der Waals surface area contributed by atoms with Crippen LogP contribution in [-0.2, 0) is 0 Å². The molecule has 1 aromatic heterocycles. The quantitative estimate of drug-likeness (QED) is 0.608. The maximum Gasteiger partial charge on any atom is 0.737 e. The van der Waals surface area contributed by atoms with Crippen molar-refractivity contribution in [3.63, 3.8) is 0 Å². The van der Waals surface area contributed by atoms with Crippen molar-refractivity contribution >= 4 is 18.8 Å². The molecule has 0 saturated heterocycles. The predicted molar refractivity (Wildman–Crippen MR) is 82.2 cm³/mol. The minimum atomic E-state index is -4.10. The fraction of sp³-hybridized carbons (Fsp3) is 0.0625. The molecule has 24 heavy (non-hydrogen) atoms. The highest BCUT2D eigenvalue weighted by Gasteiger charge is 2.52. The van der Waals surface area contributed by atoms with Crippen molar-refractivity contribution < 1.29 is 26.6 Å². The molecule has 0 spiro atoms. The van der Waals surface area contributed by atoms with Gasteiger partial charge in [0.25, 0.3) is 0 Å². The number of hydrogen-bond acceptors (Lipinski definition) is 1. The number of benzene rings is 1. The van der Waals surface area contributed by atoms with Gasteiger partial charge >= 0.3 is 6.97 Å².